The number of hydrogen-bond donors (Lipinski definition) is 2. The van der Waals surface area contributed by atoms with E-state index in [1.54, 1.807) is 32.8 Å². The van der Waals surface area contributed by atoms with Crippen LogP contribution in [0.15, 0.2) is 35.3 Å². The summed E-state index contributed by atoms with van der Waals surface area (Å²) in [7, 11) is 3.39. The van der Waals surface area contributed by atoms with Gasteiger partial charge in [0.25, 0.3) is 5.56 Å². The van der Waals surface area contributed by atoms with Crippen molar-refractivity contribution in [3.8, 4) is 11.1 Å². The second-order valence-corrected chi connectivity index (χ2v) is 13.0. The maximum absolute atomic E-state index is 16.4. The third-order valence-corrected chi connectivity index (χ3v) is 8.31. The van der Waals surface area contributed by atoms with E-state index in [9.17, 15) is 50.2 Å². The minimum Gasteiger partial charge on any atom is -0.481 e. The number of rotatable bonds is 13. The van der Waals surface area contributed by atoms with Gasteiger partial charge in [0, 0.05) is 23.4 Å². The lowest BCUT2D eigenvalue weighted by Gasteiger charge is -2.27. The molecule has 0 aliphatic carbocycles. The zero-order valence-electron chi connectivity index (χ0n) is 28.6. The molecular weight excluding hydrogens is 697 g/mol. The van der Waals surface area contributed by atoms with Gasteiger partial charge in [-0.1, -0.05) is 19.9 Å². The highest BCUT2D eigenvalue weighted by Crippen LogP contribution is 2.42. The minimum absolute atomic E-state index is 0.0948. The summed E-state index contributed by atoms with van der Waals surface area (Å²) in [5.41, 5.74) is -7.85. The van der Waals surface area contributed by atoms with Gasteiger partial charge in [-0.25, -0.2) is 13.2 Å². The molecule has 3 aromatic rings. The van der Waals surface area contributed by atoms with Crippen molar-refractivity contribution < 1.29 is 54.2 Å². The van der Waals surface area contributed by atoms with Crippen LogP contribution in [-0.4, -0.2) is 47.1 Å². The maximum atomic E-state index is 16.4. The van der Waals surface area contributed by atoms with E-state index < -0.39 is 93.9 Å². The first-order valence-corrected chi connectivity index (χ1v) is 15.8. The molecule has 2 atom stereocenters. The fourth-order valence-corrected chi connectivity index (χ4v) is 5.93. The highest BCUT2D eigenvalue weighted by Gasteiger charge is 2.41. The number of nitrogens with zero attached hydrogens (tertiary/aromatic N) is 2. The molecule has 0 aliphatic heterocycles. The molecule has 0 spiro atoms. The zero-order chi connectivity index (χ0) is 38.7. The van der Waals surface area contributed by atoms with Crippen LogP contribution in [0.25, 0.3) is 11.1 Å². The number of carbonyl (C=O) groups excluding carboxylic acids is 1. The second kappa shape index (κ2) is 15.9. The quantitative estimate of drug-likeness (QED) is 0.174. The average Bonchev–Trinajstić information content (AvgIpc) is 2.98. The Morgan fingerprint density at radius 2 is 1.55 bits per heavy atom. The number of carboxylic acid groups (broad SMARTS) is 1. The Balaban J connectivity index is 2.28. The Morgan fingerprint density at radius 1 is 0.941 bits per heavy atom. The van der Waals surface area contributed by atoms with E-state index >= 15 is 8.78 Å². The van der Waals surface area contributed by atoms with Crippen LogP contribution in [0.5, 0.6) is 0 Å². The normalized spacial score (nSPS) is 13.5. The van der Waals surface area contributed by atoms with Crippen molar-refractivity contribution in [2.75, 3.05) is 20.6 Å². The molecule has 0 saturated carbocycles. The molecule has 1 heterocycles. The van der Waals surface area contributed by atoms with Crippen LogP contribution < -0.4 is 10.9 Å². The smallest absolute Gasteiger partial charge is 0.419 e. The number of aryl methyl sites for hydroxylation is 2. The molecule has 2 aromatic carbocycles. The highest BCUT2D eigenvalue weighted by atomic mass is 19.4. The Labute approximate surface area is 288 Å². The van der Waals surface area contributed by atoms with Crippen molar-refractivity contribution in [3.63, 3.8) is 0 Å². The van der Waals surface area contributed by atoms with Gasteiger partial charge >= 0.3 is 18.3 Å². The summed E-state index contributed by atoms with van der Waals surface area (Å²) in [6, 6.07) is -1.44. The molecule has 51 heavy (non-hydrogen) atoms. The number of amides is 1. The van der Waals surface area contributed by atoms with E-state index in [2.05, 4.69) is 5.32 Å². The lowest BCUT2D eigenvalue weighted by Crippen LogP contribution is -2.41. The topological polar surface area (TPSA) is 91.6 Å². The van der Waals surface area contributed by atoms with Crippen molar-refractivity contribution in [1.29, 1.82) is 0 Å². The number of aliphatic carboxylic acids is 1. The number of alkyl halides is 6. The molecule has 0 fully saturated rings. The van der Waals surface area contributed by atoms with Crippen LogP contribution >= 0.6 is 0 Å². The van der Waals surface area contributed by atoms with E-state index in [-0.39, 0.29) is 47.6 Å². The van der Waals surface area contributed by atoms with Crippen LogP contribution in [0.2, 0.25) is 0 Å². The number of carbonyl (C=O) groups is 2. The van der Waals surface area contributed by atoms with Crippen LogP contribution in [0.1, 0.15) is 78.6 Å². The molecule has 16 heteroatoms. The predicted octanol–water partition coefficient (Wildman–Crippen LogP) is 8.00. The molecule has 3 rings (SSSR count). The maximum Gasteiger partial charge on any atom is 0.419 e. The molecule has 1 unspecified atom stereocenters. The Morgan fingerprint density at radius 3 is 2.08 bits per heavy atom. The summed E-state index contributed by atoms with van der Waals surface area (Å²) in [6.45, 7) is 6.03. The molecule has 0 bridgehead atoms. The minimum atomic E-state index is -5.47. The van der Waals surface area contributed by atoms with E-state index in [0.717, 1.165) is 25.3 Å². The Kier molecular flexibility index (Phi) is 12.8. The first-order valence-electron chi connectivity index (χ1n) is 15.8. The van der Waals surface area contributed by atoms with Gasteiger partial charge in [0.1, 0.15) is 23.5 Å². The fraction of sp³-hybridized carbons (Fsp3) is 0.457. The lowest BCUT2D eigenvalue weighted by atomic mass is 9.89. The number of aromatic nitrogens is 1. The first-order chi connectivity index (χ1) is 23.4. The van der Waals surface area contributed by atoms with Crippen molar-refractivity contribution in [2.45, 2.75) is 77.8 Å². The van der Waals surface area contributed by atoms with Gasteiger partial charge in [0.05, 0.1) is 23.6 Å². The first kappa shape index (κ1) is 41.1. The lowest BCUT2D eigenvalue weighted by molar-refractivity contribution is -0.140. The highest BCUT2D eigenvalue weighted by molar-refractivity contribution is 5.82. The Hall–Kier alpha value is -4.34. The average molecular weight is 736 g/mol. The summed E-state index contributed by atoms with van der Waals surface area (Å²) < 4.78 is 132. The number of hydrogen-bond acceptors (Lipinski definition) is 4. The summed E-state index contributed by atoms with van der Waals surface area (Å²) in [4.78, 5) is 40.7. The molecule has 1 aromatic heterocycles. The molecule has 0 radical (unpaired) electrons. The van der Waals surface area contributed by atoms with E-state index in [0.29, 0.717) is 17.2 Å². The van der Waals surface area contributed by atoms with Gasteiger partial charge in [-0.3, -0.25) is 14.4 Å². The zero-order valence-corrected chi connectivity index (χ0v) is 28.6. The Bertz CT molecular complexity index is 1830. The van der Waals surface area contributed by atoms with Crippen LogP contribution in [0, 0.1) is 37.2 Å². The number of carboxylic acids is 1. The third-order valence-electron chi connectivity index (χ3n) is 8.31. The number of nitrogens with one attached hydrogen (secondary N) is 1. The molecule has 0 saturated heterocycles. The van der Waals surface area contributed by atoms with E-state index in [1.807, 2.05) is 0 Å². The van der Waals surface area contributed by atoms with Crippen LogP contribution in [-0.2, 0) is 28.4 Å². The summed E-state index contributed by atoms with van der Waals surface area (Å²) in [6.07, 6.45) is -11.1. The van der Waals surface area contributed by atoms with Gasteiger partial charge < -0.3 is 19.9 Å². The molecule has 0 aliphatic rings. The molecular formula is C35H38F9N3O4. The van der Waals surface area contributed by atoms with Crippen molar-refractivity contribution >= 4 is 11.9 Å². The van der Waals surface area contributed by atoms with Crippen molar-refractivity contribution in [1.82, 2.24) is 14.8 Å². The molecule has 1 amide bonds. The fourth-order valence-electron chi connectivity index (χ4n) is 5.93. The molecule has 2 N–H and O–H groups in total. The van der Waals surface area contributed by atoms with Crippen LogP contribution in [0.3, 0.4) is 0 Å². The van der Waals surface area contributed by atoms with E-state index in [4.69, 9.17) is 0 Å². The number of pyridine rings is 1. The van der Waals surface area contributed by atoms with Crippen molar-refractivity contribution in [2.24, 2.45) is 5.92 Å². The van der Waals surface area contributed by atoms with Gasteiger partial charge in [-0.15, -0.1) is 0 Å². The SMILES string of the molecule is Cc1ccc(F)c(C)c1-c1cc(C(F)(F)F)c(F)c([C@H](CC(=O)O)NC(=O)C(CC(C)C)n2cc(CCCN(C)C)c(C(F)(F)F)cc2=O)c1F. The summed E-state index contributed by atoms with van der Waals surface area (Å²) in [5, 5.41) is 11.7. The second-order valence-electron chi connectivity index (χ2n) is 13.0. The number of benzene rings is 2. The van der Waals surface area contributed by atoms with Crippen molar-refractivity contribution in [3.05, 3.63) is 91.6 Å². The van der Waals surface area contributed by atoms with E-state index in [1.165, 1.54) is 6.92 Å². The van der Waals surface area contributed by atoms with Gasteiger partial charge in [-0.2, -0.15) is 26.3 Å². The monoisotopic (exact) mass is 735 g/mol. The summed E-state index contributed by atoms with van der Waals surface area (Å²) >= 11 is 0. The summed E-state index contributed by atoms with van der Waals surface area (Å²) in [5.74, 6) is -8.42. The largest absolute Gasteiger partial charge is 0.481 e. The molecule has 280 valence electrons. The van der Waals surface area contributed by atoms with Gasteiger partial charge in [0.2, 0.25) is 5.91 Å². The predicted molar refractivity (Wildman–Crippen MR) is 170 cm³/mol. The van der Waals surface area contributed by atoms with Gasteiger partial charge in [0.15, 0.2) is 0 Å². The van der Waals surface area contributed by atoms with Gasteiger partial charge in [-0.05, 0) is 94.1 Å². The standard InChI is InChI=1S/C35H38F9N3O4/c1-17(2)12-26(47-16-20(8-7-11-46(5)6)22(14-27(47)48)34(39,40)41)33(51)45-25(15-28(49)50)30-31(37)21(13-23(32(30)38)35(42,43)44)29-18(3)9-10-24(36)19(29)4/h9-10,13-14,16-17,25-26H,7-8,11-12,15H2,1-6H3,(H,45,51)(H,49,50)/t25-,26?/m0/s1. The van der Waals surface area contributed by atoms with Crippen LogP contribution in [0.4, 0.5) is 39.5 Å². The molecule has 7 nitrogen and oxygen atoms in total. The third kappa shape index (κ3) is 9.71. The number of halogens is 9.